The Morgan fingerprint density at radius 2 is 1.94 bits per heavy atom. The first-order valence-corrected chi connectivity index (χ1v) is 18.6. The van der Waals surface area contributed by atoms with Gasteiger partial charge in [-0.3, -0.25) is 10.00 Å². The van der Waals surface area contributed by atoms with Crippen LogP contribution in [0, 0.1) is 18.2 Å². The van der Waals surface area contributed by atoms with Crippen LogP contribution in [0.5, 0.6) is 11.9 Å². The Morgan fingerprint density at radius 1 is 1.08 bits per heavy atom. The number of aliphatic hydroxyl groups is 1. The van der Waals surface area contributed by atoms with Crippen LogP contribution in [-0.4, -0.2) is 113 Å². The number of anilines is 1. The molecule has 274 valence electrons. The number of benzene rings is 1. The first-order valence-electron chi connectivity index (χ1n) is 18.3. The van der Waals surface area contributed by atoms with Gasteiger partial charge in [0.1, 0.15) is 28.0 Å². The molecule has 0 bridgehead atoms. The highest BCUT2D eigenvalue weighted by molar-refractivity contribution is 6.33. The molecule has 1 saturated carbocycles. The zero-order chi connectivity index (χ0) is 35.3. The van der Waals surface area contributed by atoms with E-state index in [1.54, 1.807) is 19.2 Å². The van der Waals surface area contributed by atoms with Crippen molar-refractivity contribution in [3.63, 3.8) is 0 Å². The molecule has 51 heavy (non-hydrogen) atoms. The van der Waals surface area contributed by atoms with E-state index in [-0.39, 0.29) is 41.7 Å². The minimum atomic E-state index is -1.18. The zero-order valence-electron chi connectivity index (χ0n) is 29.6. The molecule has 3 saturated heterocycles. The number of aromatic amines is 1. The van der Waals surface area contributed by atoms with E-state index >= 15 is 4.39 Å². The SMILES string of the molecule is COc1nc(-c2c(C)c(Cl)cc3[nH]ncc23)c(F)c2nc(OC[C@]34CCC[C@H]3N(C3CCCOCC3)CCC4)nc(N3CCOC[C@@](C)(O)C3)c12. The van der Waals surface area contributed by atoms with E-state index in [0.717, 1.165) is 71.1 Å². The largest absolute Gasteiger partial charge is 0.480 e. The van der Waals surface area contributed by atoms with Gasteiger partial charge in [0.2, 0.25) is 5.88 Å². The molecule has 6 heterocycles. The van der Waals surface area contributed by atoms with Crippen LogP contribution in [0.1, 0.15) is 63.9 Å². The van der Waals surface area contributed by atoms with Gasteiger partial charge in [-0.05, 0) is 77.0 Å². The maximum absolute atomic E-state index is 17.2. The standard InChI is InChI=1S/C37H47ClFN7O5/c1-22-25(38)17-26-24(18-40-44-26)28(22)31-30(39)32-29(34(41-31)48-3)33(45-13-16-50-20-36(2,47)19-45)43-35(42-32)51-21-37-10-4-8-27(37)46(12-6-11-37)23-7-5-14-49-15-9-23/h17-18,23,27,47H,4-16,19-21H2,1-3H3,(H,40,44)/t23?,27-,36+,37-/m1/s1. The molecular formula is C37H47ClFN7O5. The smallest absolute Gasteiger partial charge is 0.319 e. The molecule has 0 amide bonds. The Labute approximate surface area is 302 Å². The second-order valence-electron chi connectivity index (χ2n) is 15.1. The minimum absolute atomic E-state index is 0.0156. The topological polar surface area (TPSA) is 131 Å². The van der Waals surface area contributed by atoms with Crippen molar-refractivity contribution in [1.29, 1.82) is 0 Å². The molecule has 1 aromatic carbocycles. The van der Waals surface area contributed by atoms with Crippen LogP contribution in [0.25, 0.3) is 33.1 Å². The van der Waals surface area contributed by atoms with Crippen molar-refractivity contribution in [2.24, 2.45) is 5.41 Å². The van der Waals surface area contributed by atoms with Gasteiger partial charge in [-0.25, -0.2) is 9.37 Å². The molecule has 4 aliphatic rings. The van der Waals surface area contributed by atoms with E-state index in [9.17, 15) is 5.11 Å². The van der Waals surface area contributed by atoms with Crippen molar-refractivity contribution in [2.45, 2.75) is 82.9 Å². The van der Waals surface area contributed by atoms with Crippen molar-refractivity contribution in [3.05, 3.63) is 28.7 Å². The number of β-amino-alcohol motifs (C(OH)–C–C–N with tert-alkyl or cyclic N) is 1. The van der Waals surface area contributed by atoms with Gasteiger partial charge < -0.3 is 29.0 Å². The normalized spacial score (nSPS) is 27.8. The lowest BCUT2D eigenvalue weighted by Gasteiger charge is -2.49. The highest BCUT2D eigenvalue weighted by Gasteiger charge is 2.50. The summed E-state index contributed by atoms with van der Waals surface area (Å²) in [6.45, 7) is 7.83. The number of fused-ring (bicyclic) bond motifs is 3. The third-order valence-electron chi connectivity index (χ3n) is 11.6. The zero-order valence-corrected chi connectivity index (χ0v) is 30.4. The van der Waals surface area contributed by atoms with E-state index < -0.39 is 11.4 Å². The van der Waals surface area contributed by atoms with Gasteiger partial charge in [-0.2, -0.15) is 15.1 Å². The summed E-state index contributed by atoms with van der Waals surface area (Å²) in [4.78, 5) is 19.1. The molecule has 0 radical (unpaired) electrons. The van der Waals surface area contributed by atoms with Gasteiger partial charge in [-0.15, -0.1) is 0 Å². The van der Waals surface area contributed by atoms with Gasteiger partial charge in [0.25, 0.3) is 0 Å². The number of halogens is 2. The van der Waals surface area contributed by atoms with Crippen molar-refractivity contribution in [2.75, 3.05) is 64.7 Å². The number of hydrogen-bond donors (Lipinski definition) is 2. The highest BCUT2D eigenvalue weighted by atomic mass is 35.5. The number of H-pyrrole nitrogens is 1. The van der Waals surface area contributed by atoms with Crippen molar-refractivity contribution in [1.82, 2.24) is 30.0 Å². The molecule has 8 rings (SSSR count). The van der Waals surface area contributed by atoms with E-state index in [2.05, 4.69) is 15.1 Å². The van der Waals surface area contributed by atoms with Gasteiger partial charge in [0.15, 0.2) is 5.82 Å². The molecule has 4 aromatic rings. The lowest BCUT2D eigenvalue weighted by atomic mass is 9.74. The van der Waals surface area contributed by atoms with Crippen LogP contribution in [0.4, 0.5) is 10.2 Å². The molecular weight excluding hydrogens is 677 g/mol. The lowest BCUT2D eigenvalue weighted by Crippen LogP contribution is -2.55. The lowest BCUT2D eigenvalue weighted by molar-refractivity contribution is -0.0266. The summed E-state index contributed by atoms with van der Waals surface area (Å²) in [5.41, 5.74) is 0.634. The predicted molar refractivity (Wildman–Crippen MR) is 192 cm³/mol. The summed E-state index contributed by atoms with van der Waals surface area (Å²) < 4.78 is 41.3. The molecule has 1 unspecified atom stereocenters. The number of hydrogen-bond acceptors (Lipinski definition) is 11. The Morgan fingerprint density at radius 3 is 2.80 bits per heavy atom. The molecule has 0 spiro atoms. The summed E-state index contributed by atoms with van der Waals surface area (Å²) in [5, 5.41) is 19.7. The third kappa shape index (κ3) is 6.39. The summed E-state index contributed by atoms with van der Waals surface area (Å²) >= 11 is 6.64. The first kappa shape index (κ1) is 34.7. The molecule has 4 atom stereocenters. The van der Waals surface area contributed by atoms with Crippen molar-refractivity contribution >= 4 is 39.2 Å². The number of pyridine rings is 1. The van der Waals surface area contributed by atoms with E-state index in [1.165, 1.54) is 7.11 Å². The Balaban J connectivity index is 1.23. The summed E-state index contributed by atoms with van der Waals surface area (Å²) in [6.07, 6.45) is 10.4. The van der Waals surface area contributed by atoms with Crippen molar-refractivity contribution in [3.8, 4) is 23.1 Å². The molecule has 2 N–H and O–H groups in total. The summed E-state index contributed by atoms with van der Waals surface area (Å²) in [5.74, 6) is -0.133. The number of ether oxygens (including phenoxy) is 4. The van der Waals surface area contributed by atoms with Crippen LogP contribution < -0.4 is 14.4 Å². The quantitative estimate of drug-likeness (QED) is 0.238. The van der Waals surface area contributed by atoms with E-state index in [0.29, 0.717) is 70.1 Å². The number of methoxy groups -OCH3 is 1. The predicted octanol–water partition coefficient (Wildman–Crippen LogP) is 5.85. The fourth-order valence-electron chi connectivity index (χ4n) is 9.16. The van der Waals surface area contributed by atoms with Gasteiger partial charge >= 0.3 is 6.01 Å². The fourth-order valence-corrected chi connectivity index (χ4v) is 9.37. The van der Waals surface area contributed by atoms with Crippen LogP contribution >= 0.6 is 11.6 Å². The molecule has 3 aromatic heterocycles. The van der Waals surface area contributed by atoms with Crippen LogP contribution in [0.3, 0.4) is 0 Å². The molecule has 1 aliphatic carbocycles. The second-order valence-corrected chi connectivity index (χ2v) is 15.5. The maximum atomic E-state index is 17.2. The van der Waals surface area contributed by atoms with Crippen LogP contribution in [0.15, 0.2) is 12.3 Å². The van der Waals surface area contributed by atoms with Crippen LogP contribution in [-0.2, 0) is 9.47 Å². The average molecular weight is 724 g/mol. The van der Waals surface area contributed by atoms with Gasteiger partial charge in [-0.1, -0.05) is 18.0 Å². The number of likely N-dealkylation sites (tertiary alicyclic amines) is 1. The monoisotopic (exact) mass is 723 g/mol. The number of nitrogens with zero attached hydrogens (tertiary/aromatic N) is 6. The van der Waals surface area contributed by atoms with Gasteiger partial charge in [0, 0.05) is 53.2 Å². The van der Waals surface area contributed by atoms with E-state index in [4.69, 9.17) is 45.5 Å². The molecule has 4 fully saturated rings. The average Bonchev–Trinajstić information content (AvgIpc) is 3.61. The Hall–Kier alpha value is -3.36. The van der Waals surface area contributed by atoms with Crippen LogP contribution in [0.2, 0.25) is 5.02 Å². The molecule has 14 heteroatoms. The number of nitrogens with one attached hydrogen (secondary N) is 1. The number of rotatable bonds is 7. The summed E-state index contributed by atoms with van der Waals surface area (Å²) in [6, 6.07) is 2.77. The highest BCUT2D eigenvalue weighted by Crippen LogP contribution is 2.50. The molecule has 12 nitrogen and oxygen atoms in total. The van der Waals surface area contributed by atoms with Gasteiger partial charge in [0.05, 0.1) is 45.2 Å². The maximum Gasteiger partial charge on any atom is 0.319 e. The Bertz CT molecular complexity index is 1920. The Kier molecular flexibility index (Phi) is 9.45. The fraction of sp³-hybridized carbons (Fsp3) is 0.622. The number of aromatic nitrogens is 5. The van der Waals surface area contributed by atoms with Crippen molar-refractivity contribution < 1.29 is 28.4 Å². The second kappa shape index (κ2) is 13.9. The minimum Gasteiger partial charge on any atom is -0.480 e. The number of piperidine rings is 1. The summed E-state index contributed by atoms with van der Waals surface area (Å²) in [7, 11) is 1.49. The van der Waals surface area contributed by atoms with E-state index in [1.807, 2.05) is 11.8 Å². The first-order chi connectivity index (χ1) is 24.7. The molecule has 3 aliphatic heterocycles. The third-order valence-corrected chi connectivity index (χ3v) is 12.0.